The van der Waals surface area contributed by atoms with Gasteiger partial charge < -0.3 is 0 Å². The molecule has 0 bridgehead atoms. The largest absolute Gasteiger partial charge is 0.266 e. The lowest BCUT2D eigenvalue weighted by atomic mass is 10.2. The molecule has 0 aliphatic heterocycles. The first kappa shape index (κ1) is 10.5. The van der Waals surface area contributed by atoms with Crippen LogP contribution in [-0.4, -0.2) is 19.7 Å². The molecule has 4 nitrogen and oxygen atoms in total. The van der Waals surface area contributed by atoms with Gasteiger partial charge in [-0.1, -0.05) is 0 Å². The second-order valence-electron chi connectivity index (χ2n) is 3.47. The molecule has 0 saturated carbocycles. The van der Waals surface area contributed by atoms with Crippen LogP contribution in [0.1, 0.15) is 25.4 Å². The summed E-state index contributed by atoms with van der Waals surface area (Å²) < 4.78 is 1.94. The molecule has 82 valence electrons. The van der Waals surface area contributed by atoms with Crippen molar-refractivity contribution in [1.29, 1.82) is 0 Å². The van der Waals surface area contributed by atoms with Crippen molar-refractivity contribution in [3.8, 4) is 0 Å². The summed E-state index contributed by atoms with van der Waals surface area (Å²) in [4.78, 5) is 8.41. The first-order valence-corrected chi connectivity index (χ1v) is 5.28. The van der Waals surface area contributed by atoms with E-state index in [0.29, 0.717) is 0 Å². The maximum atomic E-state index is 4.21. The Labute approximate surface area is 94.7 Å². The van der Waals surface area contributed by atoms with Crippen LogP contribution >= 0.6 is 0 Å². The fraction of sp³-hybridized carbons (Fsp3) is 0.250. The van der Waals surface area contributed by atoms with E-state index in [1.165, 1.54) is 0 Å². The fourth-order valence-electron chi connectivity index (χ4n) is 1.52. The molecule has 0 unspecified atom stereocenters. The summed E-state index contributed by atoms with van der Waals surface area (Å²) in [6.07, 6.45) is 7.34. The van der Waals surface area contributed by atoms with Crippen LogP contribution in [0.5, 0.6) is 0 Å². The van der Waals surface area contributed by atoms with Crippen LogP contribution in [0.25, 0.3) is 11.6 Å². The van der Waals surface area contributed by atoms with E-state index in [9.17, 15) is 0 Å². The van der Waals surface area contributed by atoms with Crippen LogP contribution in [0.3, 0.4) is 0 Å². The lowest BCUT2D eigenvalue weighted by molar-refractivity contribution is 0.654. The molecule has 0 spiro atoms. The first-order valence-electron chi connectivity index (χ1n) is 5.28. The van der Waals surface area contributed by atoms with Gasteiger partial charge in [0.2, 0.25) is 0 Å². The second-order valence-corrected chi connectivity index (χ2v) is 3.47. The highest BCUT2D eigenvalue weighted by molar-refractivity contribution is 5.75. The molecule has 2 heterocycles. The molecule has 0 radical (unpaired) electrons. The standard InChI is InChI=1S/C12H14N4/c1-3-16-11(5-8-15-16)9-10(2)12-13-6-4-7-14-12/h4-9H,3H2,1-2H3/b10-9+. The maximum Gasteiger partial charge on any atom is 0.154 e. The molecule has 0 aliphatic rings. The lowest BCUT2D eigenvalue weighted by Crippen LogP contribution is -1.99. The average molecular weight is 214 g/mol. The van der Waals surface area contributed by atoms with Gasteiger partial charge in [0.15, 0.2) is 5.82 Å². The molecule has 4 heteroatoms. The van der Waals surface area contributed by atoms with Gasteiger partial charge in [-0.2, -0.15) is 5.10 Å². The third kappa shape index (κ3) is 2.16. The van der Waals surface area contributed by atoms with Gasteiger partial charge in [-0.15, -0.1) is 0 Å². The third-order valence-corrected chi connectivity index (χ3v) is 2.33. The van der Waals surface area contributed by atoms with Gasteiger partial charge in [-0.25, -0.2) is 9.97 Å². The van der Waals surface area contributed by atoms with Crippen LogP contribution in [0, 0.1) is 0 Å². The Bertz CT molecular complexity index is 485. The summed E-state index contributed by atoms with van der Waals surface area (Å²) in [6.45, 7) is 4.93. The van der Waals surface area contributed by atoms with Crippen molar-refractivity contribution in [2.75, 3.05) is 0 Å². The van der Waals surface area contributed by atoms with Gasteiger partial charge in [0.1, 0.15) is 0 Å². The van der Waals surface area contributed by atoms with Crippen molar-refractivity contribution in [2.45, 2.75) is 20.4 Å². The van der Waals surface area contributed by atoms with E-state index in [1.807, 2.05) is 29.8 Å². The van der Waals surface area contributed by atoms with E-state index < -0.39 is 0 Å². The number of hydrogen-bond acceptors (Lipinski definition) is 3. The maximum absolute atomic E-state index is 4.21. The predicted molar refractivity (Wildman–Crippen MR) is 63.5 cm³/mol. The van der Waals surface area contributed by atoms with Crippen LogP contribution < -0.4 is 0 Å². The van der Waals surface area contributed by atoms with E-state index in [4.69, 9.17) is 0 Å². The minimum absolute atomic E-state index is 0.756. The molecule has 2 rings (SSSR count). The molecule has 16 heavy (non-hydrogen) atoms. The molecule has 2 aromatic rings. The summed E-state index contributed by atoms with van der Waals surface area (Å²) in [6, 6.07) is 3.79. The van der Waals surface area contributed by atoms with Gasteiger partial charge in [-0.3, -0.25) is 4.68 Å². The van der Waals surface area contributed by atoms with Crippen molar-refractivity contribution in [2.24, 2.45) is 0 Å². The molecular formula is C12H14N4. The molecule has 0 aromatic carbocycles. The number of rotatable bonds is 3. The number of nitrogens with zero attached hydrogens (tertiary/aromatic N) is 4. The van der Waals surface area contributed by atoms with Crippen molar-refractivity contribution in [1.82, 2.24) is 19.7 Å². The van der Waals surface area contributed by atoms with Crippen molar-refractivity contribution >= 4 is 11.6 Å². The van der Waals surface area contributed by atoms with Gasteiger partial charge in [0.05, 0.1) is 5.69 Å². The van der Waals surface area contributed by atoms with Crippen molar-refractivity contribution in [3.63, 3.8) is 0 Å². The van der Waals surface area contributed by atoms with Gasteiger partial charge >= 0.3 is 0 Å². The van der Waals surface area contributed by atoms with Gasteiger partial charge in [0, 0.05) is 25.1 Å². The van der Waals surface area contributed by atoms with E-state index in [0.717, 1.165) is 23.6 Å². The number of aryl methyl sites for hydroxylation is 1. The Balaban J connectivity index is 2.31. The molecule has 0 saturated heterocycles. The van der Waals surface area contributed by atoms with Gasteiger partial charge in [-0.05, 0) is 37.6 Å². The molecule has 0 N–H and O–H groups in total. The Kier molecular flexibility index (Phi) is 3.10. The van der Waals surface area contributed by atoms with Crippen LogP contribution in [0.2, 0.25) is 0 Å². The monoisotopic (exact) mass is 214 g/mol. The average Bonchev–Trinajstić information content (AvgIpc) is 2.77. The molecule has 0 aliphatic carbocycles. The summed E-state index contributed by atoms with van der Waals surface area (Å²) in [5.41, 5.74) is 2.11. The summed E-state index contributed by atoms with van der Waals surface area (Å²) in [5.74, 6) is 0.756. The highest BCUT2D eigenvalue weighted by atomic mass is 15.3. The summed E-state index contributed by atoms with van der Waals surface area (Å²) in [7, 11) is 0. The van der Waals surface area contributed by atoms with E-state index in [2.05, 4.69) is 22.0 Å². The number of hydrogen-bond donors (Lipinski definition) is 0. The zero-order valence-corrected chi connectivity index (χ0v) is 9.46. The Morgan fingerprint density at radius 3 is 2.75 bits per heavy atom. The van der Waals surface area contributed by atoms with Crippen LogP contribution in [0.4, 0.5) is 0 Å². The fourth-order valence-corrected chi connectivity index (χ4v) is 1.52. The predicted octanol–water partition coefficient (Wildman–Crippen LogP) is 2.25. The Morgan fingerprint density at radius 1 is 1.31 bits per heavy atom. The van der Waals surface area contributed by atoms with Crippen LogP contribution in [-0.2, 0) is 6.54 Å². The van der Waals surface area contributed by atoms with Gasteiger partial charge in [0.25, 0.3) is 0 Å². The normalized spacial score (nSPS) is 11.8. The molecule has 0 amide bonds. The Morgan fingerprint density at radius 2 is 2.06 bits per heavy atom. The summed E-state index contributed by atoms with van der Waals surface area (Å²) >= 11 is 0. The van der Waals surface area contributed by atoms with Crippen molar-refractivity contribution < 1.29 is 0 Å². The highest BCUT2D eigenvalue weighted by Crippen LogP contribution is 2.12. The number of aromatic nitrogens is 4. The van der Waals surface area contributed by atoms with E-state index in [1.54, 1.807) is 18.6 Å². The lowest BCUT2D eigenvalue weighted by Gasteiger charge is -2.01. The molecule has 0 atom stereocenters. The quantitative estimate of drug-likeness (QED) is 0.787. The van der Waals surface area contributed by atoms with Crippen molar-refractivity contribution in [3.05, 3.63) is 42.2 Å². The molecule has 2 aromatic heterocycles. The SMILES string of the molecule is CCn1nccc1/C=C(\C)c1ncccn1. The smallest absolute Gasteiger partial charge is 0.154 e. The van der Waals surface area contributed by atoms with Crippen LogP contribution in [0.15, 0.2) is 30.7 Å². The minimum Gasteiger partial charge on any atom is -0.266 e. The Hall–Kier alpha value is -1.97. The summed E-state index contributed by atoms with van der Waals surface area (Å²) in [5, 5.41) is 4.21. The second kappa shape index (κ2) is 4.70. The molecular weight excluding hydrogens is 200 g/mol. The topological polar surface area (TPSA) is 43.6 Å². The number of allylic oxidation sites excluding steroid dienone is 1. The first-order chi connectivity index (χ1) is 7.81. The van der Waals surface area contributed by atoms with E-state index >= 15 is 0 Å². The zero-order chi connectivity index (χ0) is 11.4. The van der Waals surface area contributed by atoms with E-state index in [-0.39, 0.29) is 0 Å². The third-order valence-electron chi connectivity index (χ3n) is 2.33. The molecule has 0 fully saturated rings. The minimum atomic E-state index is 0.756. The highest BCUT2D eigenvalue weighted by Gasteiger charge is 2.01. The zero-order valence-electron chi connectivity index (χ0n) is 9.46.